The van der Waals surface area contributed by atoms with E-state index in [-0.39, 0.29) is 29.6 Å². The van der Waals surface area contributed by atoms with Crippen LogP contribution in [0.15, 0.2) is 77.9 Å². The first-order chi connectivity index (χ1) is 10.4. The molecule has 0 atom stereocenters. The molecule has 0 spiro atoms. The monoisotopic (exact) mass is 294 g/mol. The van der Waals surface area contributed by atoms with Crippen LogP contribution in [-0.4, -0.2) is 10.7 Å². The number of fused-ring (bicyclic) bond motifs is 2. The second kappa shape index (κ2) is 6.44. The average molecular weight is 294 g/mol. The standard InChI is InChI=1S/C18H13N3.Na/c1-2-7-13(8-3-1)17-14-9-4-5-10-15(14)21-18-16(20-17)11-6-12-19-18;/h1-12H,(H,19,21);/q;+1. The first-order valence-electron chi connectivity index (χ1n) is 6.87. The smallest absolute Gasteiger partial charge is 0.338 e. The quantitative estimate of drug-likeness (QED) is 0.538. The fourth-order valence-corrected chi connectivity index (χ4v) is 2.51. The van der Waals surface area contributed by atoms with E-state index in [9.17, 15) is 0 Å². The first kappa shape index (κ1) is 15.0. The number of aliphatic imine (C=N–C) groups is 1. The summed E-state index contributed by atoms with van der Waals surface area (Å²) in [6, 6.07) is 22.3. The van der Waals surface area contributed by atoms with Gasteiger partial charge in [-0.1, -0.05) is 48.5 Å². The Morgan fingerprint density at radius 1 is 0.773 bits per heavy atom. The number of para-hydroxylation sites is 1. The number of benzene rings is 2. The van der Waals surface area contributed by atoms with Gasteiger partial charge in [0.15, 0.2) is 5.82 Å². The van der Waals surface area contributed by atoms with Crippen molar-refractivity contribution in [2.45, 2.75) is 0 Å². The predicted molar refractivity (Wildman–Crippen MR) is 85.7 cm³/mol. The molecular weight excluding hydrogens is 281 g/mol. The number of rotatable bonds is 1. The van der Waals surface area contributed by atoms with E-state index in [1.165, 1.54) is 0 Å². The molecule has 2 aromatic carbocycles. The molecule has 22 heavy (non-hydrogen) atoms. The van der Waals surface area contributed by atoms with Crippen molar-refractivity contribution in [2.75, 3.05) is 5.32 Å². The molecule has 3 aromatic rings. The van der Waals surface area contributed by atoms with Crippen LogP contribution in [0.2, 0.25) is 0 Å². The van der Waals surface area contributed by atoms with Gasteiger partial charge in [-0.3, -0.25) is 0 Å². The first-order valence-corrected chi connectivity index (χ1v) is 6.87. The van der Waals surface area contributed by atoms with Gasteiger partial charge in [0.2, 0.25) is 0 Å². The Kier molecular flexibility index (Phi) is 4.39. The molecule has 0 saturated carbocycles. The summed E-state index contributed by atoms with van der Waals surface area (Å²) in [5.74, 6) is 0.788. The van der Waals surface area contributed by atoms with Gasteiger partial charge < -0.3 is 5.32 Å². The number of nitrogens with one attached hydrogen (secondary N) is 1. The van der Waals surface area contributed by atoms with Crippen molar-refractivity contribution in [2.24, 2.45) is 4.99 Å². The Morgan fingerprint density at radius 3 is 2.41 bits per heavy atom. The second-order valence-corrected chi connectivity index (χ2v) is 4.87. The topological polar surface area (TPSA) is 37.3 Å². The van der Waals surface area contributed by atoms with Crippen LogP contribution in [0.25, 0.3) is 0 Å². The molecule has 4 heteroatoms. The van der Waals surface area contributed by atoms with Crippen molar-refractivity contribution in [3.63, 3.8) is 0 Å². The Labute approximate surface area is 151 Å². The van der Waals surface area contributed by atoms with Gasteiger partial charge in [0, 0.05) is 23.0 Å². The van der Waals surface area contributed by atoms with Gasteiger partial charge in [0.05, 0.1) is 5.71 Å². The molecule has 3 nitrogen and oxygen atoms in total. The van der Waals surface area contributed by atoms with Gasteiger partial charge in [-0.05, 0) is 18.2 Å². The zero-order valence-corrected chi connectivity index (χ0v) is 14.3. The van der Waals surface area contributed by atoms with Gasteiger partial charge in [-0.25, -0.2) is 9.98 Å². The molecule has 2 heterocycles. The van der Waals surface area contributed by atoms with Gasteiger partial charge >= 0.3 is 29.6 Å². The fourth-order valence-electron chi connectivity index (χ4n) is 2.51. The molecule has 0 radical (unpaired) electrons. The summed E-state index contributed by atoms with van der Waals surface area (Å²) in [5, 5.41) is 3.38. The average Bonchev–Trinajstić information content (AvgIpc) is 2.72. The fraction of sp³-hybridized carbons (Fsp3) is 0. The van der Waals surface area contributed by atoms with Gasteiger partial charge in [-0.15, -0.1) is 0 Å². The van der Waals surface area contributed by atoms with Crippen LogP contribution in [0.1, 0.15) is 11.1 Å². The molecule has 0 unspecified atom stereocenters. The Morgan fingerprint density at radius 2 is 1.55 bits per heavy atom. The molecule has 0 fully saturated rings. The minimum absolute atomic E-state index is 0. The molecule has 1 aromatic heterocycles. The van der Waals surface area contributed by atoms with Crippen molar-refractivity contribution in [3.05, 3.63) is 84.1 Å². The van der Waals surface area contributed by atoms with E-state index < -0.39 is 0 Å². The summed E-state index contributed by atoms with van der Waals surface area (Å²) in [4.78, 5) is 9.23. The Bertz CT molecular complexity index is 829. The molecule has 1 N–H and O–H groups in total. The largest absolute Gasteiger partial charge is 1.00 e. The minimum atomic E-state index is 0. The minimum Gasteiger partial charge on any atom is -0.338 e. The van der Waals surface area contributed by atoms with Crippen molar-refractivity contribution in [1.29, 1.82) is 0 Å². The van der Waals surface area contributed by atoms with Crippen LogP contribution in [0.3, 0.4) is 0 Å². The molecule has 1 aliphatic heterocycles. The maximum Gasteiger partial charge on any atom is 1.00 e. The van der Waals surface area contributed by atoms with Crippen LogP contribution in [-0.2, 0) is 0 Å². The Balaban J connectivity index is 0.00000144. The van der Waals surface area contributed by atoms with Crippen molar-refractivity contribution >= 4 is 22.9 Å². The normalized spacial score (nSPS) is 11.9. The van der Waals surface area contributed by atoms with Crippen LogP contribution >= 0.6 is 0 Å². The number of hydrogen-bond acceptors (Lipinski definition) is 3. The Hall–Kier alpha value is -1.94. The SMILES string of the molecule is [Na+].c1ccc(C2=Nc3cccnc3Nc3ccccc32)cc1. The third-order valence-electron chi connectivity index (χ3n) is 3.50. The molecule has 4 rings (SSSR count). The third-order valence-corrected chi connectivity index (χ3v) is 3.50. The van der Waals surface area contributed by atoms with Gasteiger partial charge in [-0.2, -0.15) is 0 Å². The van der Waals surface area contributed by atoms with Crippen molar-refractivity contribution in [3.8, 4) is 0 Å². The summed E-state index contributed by atoms with van der Waals surface area (Å²) in [7, 11) is 0. The van der Waals surface area contributed by atoms with Crippen LogP contribution < -0.4 is 34.9 Å². The number of hydrogen-bond donors (Lipinski definition) is 1. The molecule has 1 aliphatic rings. The summed E-state index contributed by atoms with van der Waals surface area (Å²) >= 11 is 0. The van der Waals surface area contributed by atoms with Crippen LogP contribution in [0, 0.1) is 0 Å². The molecule has 0 aliphatic carbocycles. The summed E-state index contributed by atoms with van der Waals surface area (Å²) in [6.07, 6.45) is 1.78. The molecular formula is C18H13N3Na+. The second-order valence-electron chi connectivity index (χ2n) is 4.87. The number of nitrogens with zero attached hydrogens (tertiary/aromatic N) is 2. The third kappa shape index (κ3) is 2.71. The van der Waals surface area contributed by atoms with Crippen molar-refractivity contribution < 1.29 is 29.6 Å². The number of anilines is 2. The van der Waals surface area contributed by atoms with Gasteiger partial charge in [0.1, 0.15) is 5.69 Å². The molecule has 100 valence electrons. The number of pyridine rings is 1. The maximum atomic E-state index is 4.84. The summed E-state index contributed by atoms with van der Waals surface area (Å²) in [6.45, 7) is 0. The maximum absolute atomic E-state index is 4.84. The zero-order valence-electron chi connectivity index (χ0n) is 12.3. The van der Waals surface area contributed by atoms with E-state index in [1.807, 2.05) is 42.5 Å². The predicted octanol–water partition coefficient (Wildman–Crippen LogP) is 1.31. The van der Waals surface area contributed by atoms with E-state index >= 15 is 0 Å². The van der Waals surface area contributed by atoms with E-state index in [0.29, 0.717) is 0 Å². The van der Waals surface area contributed by atoms with Crippen molar-refractivity contribution in [1.82, 2.24) is 4.98 Å². The van der Waals surface area contributed by atoms with E-state index in [1.54, 1.807) is 6.20 Å². The summed E-state index contributed by atoms with van der Waals surface area (Å²) in [5.41, 5.74) is 5.03. The molecule has 0 bridgehead atoms. The van der Waals surface area contributed by atoms with Crippen LogP contribution in [0.5, 0.6) is 0 Å². The van der Waals surface area contributed by atoms with E-state index in [4.69, 9.17) is 4.99 Å². The summed E-state index contributed by atoms with van der Waals surface area (Å²) < 4.78 is 0. The van der Waals surface area contributed by atoms with E-state index in [0.717, 1.165) is 34.0 Å². The van der Waals surface area contributed by atoms with Gasteiger partial charge in [0.25, 0.3) is 0 Å². The molecule has 0 saturated heterocycles. The zero-order chi connectivity index (χ0) is 14.1. The van der Waals surface area contributed by atoms with Crippen LogP contribution in [0.4, 0.5) is 17.2 Å². The molecule has 0 amide bonds. The van der Waals surface area contributed by atoms with E-state index in [2.05, 4.69) is 34.6 Å². The number of aromatic nitrogens is 1.